The SMILES string of the molecule is CC(=O)N[C@H](CC(=O)N(C)Cc1cn(-c2ccccc2)nc1-c1ccc(Cl)cc1)c1ccccc1Cl. The number of benzene rings is 3. The van der Waals surface area contributed by atoms with Gasteiger partial charge in [0, 0.05) is 47.9 Å². The Hall–Kier alpha value is -3.61. The number of nitrogens with one attached hydrogen (secondary N) is 1. The molecule has 184 valence electrons. The van der Waals surface area contributed by atoms with Gasteiger partial charge in [-0.15, -0.1) is 0 Å². The fourth-order valence-electron chi connectivity index (χ4n) is 4.01. The Morgan fingerprint density at radius 2 is 1.64 bits per heavy atom. The second kappa shape index (κ2) is 11.4. The molecule has 0 saturated carbocycles. The highest BCUT2D eigenvalue weighted by molar-refractivity contribution is 6.31. The first-order valence-electron chi connectivity index (χ1n) is 11.5. The van der Waals surface area contributed by atoms with E-state index in [1.54, 1.807) is 22.7 Å². The van der Waals surface area contributed by atoms with Gasteiger partial charge in [-0.2, -0.15) is 5.10 Å². The number of rotatable bonds is 8. The minimum atomic E-state index is -0.533. The van der Waals surface area contributed by atoms with Crippen LogP contribution in [-0.4, -0.2) is 33.5 Å². The average Bonchev–Trinajstić information content (AvgIpc) is 3.28. The van der Waals surface area contributed by atoms with Crippen molar-refractivity contribution in [3.63, 3.8) is 0 Å². The number of hydrogen-bond donors (Lipinski definition) is 1. The number of hydrogen-bond acceptors (Lipinski definition) is 3. The summed E-state index contributed by atoms with van der Waals surface area (Å²) in [5.41, 5.74) is 4.16. The summed E-state index contributed by atoms with van der Waals surface area (Å²) >= 11 is 12.5. The molecular weight excluding hydrogens is 495 g/mol. The third kappa shape index (κ3) is 6.14. The summed E-state index contributed by atoms with van der Waals surface area (Å²) < 4.78 is 1.81. The Labute approximate surface area is 220 Å². The molecule has 2 amide bonds. The highest BCUT2D eigenvalue weighted by Crippen LogP contribution is 2.28. The Balaban J connectivity index is 1.60. The molecule has 6 nitrogen and oxygen atoms in total. The second-order valence-electron chi connectivity index (χ2n) is 8.52. The Bertz CT molecular complexity index is 1350. The van der Waals surface area contributed by atoms with Gasteiger partial charge in [-0.05, 0) is 35.9 Å². The van der Waals surface area contributed by atoms with Gasteiger partial charge >= 0.3 is 0 Å². The molecule has 0 bridgehead atoms. The summed E-state index contributed by atoms with van der Waals surface area (Å²) in [5, 5.41) is 8.81. The van der Waals surface area contributed by atoms with Crippen LogP contribution >= 0.6 is 23.2 Å². The molecule has 1 aromatic heterocycles. The van der Waals surface area contributed by atoms with Crippen LogP contribution in [0.15, 0.2) is 85.1 Å². The zero-order valence-electron chi connectivity index (χ0n) is 20.0. The van der Waals surface area contributed by atoms with Crippen LogP contribution in [0, 0.1) is 0 Å². The second-order valence-corrected chi connectivity index (χ2v) is 9.36. The quantitative estimate of drug-likeness (QED) is 0.306. The molecule has 0 fully saturated rings. The van der Waals surface area contributed by atoms with Gasteiger partial charge in [0.1, 0.15) is 0 Å². The minimum absolute atomic E-state index is 0.0723. The fourth-order valence-corrected chi connectivity index (χ4v) is 4.40. The largest absolute Gasteiger partial charge is 0.349 e. The van der Waals surface area contributed by atoms with Crippen molar-refractivity contribution in [2.45, 2.75) is 25.9 Å². The number of para-hydroxylation sites is 1. The molecule has 0 saturated heterocycles. The Morgan fingerprint density at radius 1 is 0.972 bits per heavy atom. The van der Waals surface area contributed by atoms with E-state index in [0.717, 1.165) is 22.5 Å². The minimum Gasteiger partial charge on any atom is -0.349 e. The summed E-state index contributed by atoms with van der Waals surface area (Å²) in [6.07, 6.45) is 2.01. The summed E-state index contributed by atoms with van der Waals surface area (Å²) in [6.45, 7) is 1.76. The van der Waals surface area contributed by atoms with Gasteiger partial charge in [0.05, 0.1) is 23.8 Å². The molecule has 1 heterocycles. The molecule has 0 aliphatic carbocycles. The molecule has 4 aromatic rings. The van der Waals surface area contributed by atoms with Gasteiger partial charge in [0.25, 0.3) is 0 Å². The predicted molar refractivity (Wildman–Crippen MR) is 143 cm³/mol. The van der Waals surface area contributed by atoms with E-state index in [0.29, 0.717) is 22.2 Å². The maximum absolute atomic E-state index is 13.3. The lowest BCUT2D eigenvalue weighted by molar-refractivity contribution is -0.131. The van der Waals surface area contributed by atoms with E-state index in [1.807, 2.05) is 79.0 Å². The van der Waals surface area contributed by atoms with Gasteiger partial charge < -0.3 is 10.2 Å². The van der Waals surface area contributed by atoms with Crippen LogP contribution in [0.5, 0.6) is 0 Å². The molecule has 8 heteroatoms. The van der Waals surface area contributed by atoms with E-state index in [1.165, 1.54) is 6.92 Å². The molecule has 0 radical (unpaired) electrons. The summed E-state index contributed by atoms with van der Waals surface area (Å²) in [6, 6.07) is 23.9. The van der Waals surface area contributed by atoms with Crippen molar-refractivity contribution in [1.29, 1.82) is 0 Å². The van der Waals surface area contributed by atoms with Gasteiger partial charge in [0.15, 0.2) is 0 Å². The van der Waals surface area contributed by atoms with Crippen molar-refractivity contribution < 1.29 is 9.59 Å². The maximum Gasteiger partial charge on any atom is 0.225 e. The number of amides is 2. The lowest BCUT2D eigenvalue weighted by atomic mass is 10.0. The van der Waals surface area contributed by atoms with Crippen molar-refractivity contribution in [1.82, 2.24) is 20.0 Å². The molecule has 4 rings (SSSR count). The van der Waals surface area contributed by atoms with E-state index in [4.69, 9.17) is 28.3 Å². The highest BCUT2D eigenvalue weighted by Gasteiger charge is 2.23. The molecule has 0 unspecified atom stereocenters. The van der Waals surface area contributed by atoms with E-state index in [2.05, 4.69) is 5.32 Å². The standard InChI is InChI=1S/C28H26Cl2N4O2/c1-19(35)31-26(24-10-6-7-11-25(24)30)16-27(36)33(2)17-21-18-34(23-8-4-3-5-9-23)32-28(21)20-12-14-22(29)15-13-20/h3-15,18,26H,16-17H2,1-2H3,(H,31,35)/t26-/m1/s1. The molecular formula is C28H26Cl2N4O2. The lowest BCUT2D eigenvalue weighted by Gasteiger charge is -2.23. The zero-order valence-corrected chi connectivity index (χ0v) is 21.5. The van der Waals surface area contributed by atoms with Crippen LogP contribution in [0.1, 0.15) is 30.5 Å². The number of carbonyl (C=O) groups excluding carboxylic acids is 2. The van der Waals surface area contributed by atoms with Crippen molar-refractivity contribution in [3.05, 3.63) is 106 Å². The van der Waals surface area contributed by atoms with E-state index >= 15 is 0 Å². The van der Waals surface area contributed by atoms with Crippen molar-refractivity contribution >= 4 is 35.0 Å². The van der Waals surface area contributed by atoms with Crippen LogP contribution in [0.3, 0.4) is 0 Å². The molecule has 0 spiro atoms. The van der Waals surface area contributed by atoms with Gasteiger partial charge in [-0.3, -0.25) is 9.59 Å². The Kier molecular flexibility index (Phi) is 8.08. The predicted octanol–water partition coefficient (Wildman–Crippen LogP) is 6.07. The molecule has 3 aromatic carbocycles. The van der Waals surface area contributed by atoms with Gasteiger partial charge in [-0.25, -0.2) is 4.68 Å². The van der Waals surface area contributed by atoms with Gasteiger partial charge in [-0.1, -0.05) is 71.7 Å². The lowest BCUT2D eigenvalue weighted by Crippen LogP contribution is -2.33. The summed E-state index contributed by atoms with van der Waals surface area (Å²) in [4.78, 5) is 26.8. The molecule has 36 heavy (non-hydrogen) atoms. The molecule has 1 N–H and O–H groups in total. The van der Waals surface area contributed by atoms with Gasteiger partial charge in [0.2, 0.25) is 11.8 Å². The van der Waals surface area contributed by atoms with Crippen LogP contribution in [0.25, 0.3) is 16.9 Å². The maximum atomic E-state index is 13.3. The molecule has 0 aliphatic heterocycles. The van der Waals surface area contributed by atoms with Crippen LogP contribution < -0.4 is 5.32 Å². The highest BCUT2D eigenvalue weighted by atomic mass is 35.5. The van der Waals surface area contributed by atoms with E-state index < -0.39 is 6.04 Å². The van der Waals surface area contributed by atoms with Crippen LogP contribution in [0.2, 0.25) is 10.0 Å². The fraction of sp³-hybridized carbons (Fsp3) is 0.179. The molecule has 1 atom stereocenters. The summed E-state index contributed by atoms with van der Waals surface area (Å²) in [5.74, 6) is -0.368. The zero-order chi connectivity index (χ0) is 25.7. The van der Waals surface area contributed by atoms with E-state index in [-0.39, 0.29) is 18.2 Å². The third-order valence-corrected chi connectivity index (χ3v) is 6.39. The smallest absolute Gasteiger partial charge is 0.225 e. The first-order valence-corrected chi connectivity index (χ1v) is 12.2. The summed E-state index contributed by atoms with van der Waals surface area (Å²) in [7, 11) is 1.74. The number of nitrogens with zero attached hydrogens (tertiary/aromatic N) is 3. The molecule has 0 aliphatic rings. The van der Waals surface area contributed by atoms with Crippen LogP contribution in [-0.2, 0) is 16.1 Å². The normalized spacial score (nSPS) is 11.7. The monoisotopic (exact) mass is 520 g/mol. The topological polar surface area (TPSA) is 67.2 Å². The average molecular weight is 521 g/mol. The van der Waals surface area contributed by atoms with Crippen LogP contribution in [0.4, 0.5) is 0 Å². The van der Waals surface area contributed by atoms with Crippen molar-refractivity contribution in [3.8, 4) is 16.9 Å². The van der Waals surface area contributed by atoms with Crippen molar-refractivity contribution in [2.24, 2.45) is 0 Å². The Morgan fingerprint density at radius 3 is 2.31 bits per heavy atom. The number of carbonyl (C=O) groups is 2. The first-order chi connectivity index (χ1) is 17.3. The number of halogens is 2. The van der Waals surface area contributed by atoms with E-state index in [9.17, 15) is 9.59 Å². The van der Waals surface area contributed by atoms with Crippen molar-refractivity contribution in [2.75, 3.05) is 7.05 Å². The number of aromatic nitrogens is 2. The third-order valence-electron chi connectivity index (χ3n) is 5.80. The first kappa shape index (κ1) is 25.5.